The highest BCUT2D eigenvalue weighted by Gasteiger charge is 2.26. The minimum Gasteiger partial charge on any atom is -0.496 e. The van der Waals surface area contributed by atoms with E-state index < -0.39 is 0 Å². The number of benzene rings is 1. The lowest BCUT2D eigenvalue weighted by molar-refractivity contribution is 0.216. The Morgan fingerprint density at radius 1 is 1.10 bits per heavy atom. The van der Waals surface area contributed by atoms with Gasteiger partial charge in [0.05, 0.1) is 34.0 Å². The molecule has 1 unspecified atom stereocenters. The summed E-state index contributed by atoms with van der Waals surface area (Å²) in [6.07, 6.45) is 3.03. The number of nitrogens with one attached hydrogen (secondary N) is 1. The summed E-state index contributed by atoms with van der Waals surface area (Å²) in [4.78, 5) is 0. The second-order valence-corrected chi connectivity index (χ2v) is 4.39. The van der Waals surface area contributed by atoms with Crippen LogP contribution in [-0.4, -0.2) is 35.0 Å². The SMILES string of the molecule is CNC(C1=CCCO1)c1ccc(OC)c(OC)c1OC. The molecule has 1 aliphatic rings. The summed E-state index contributed by atoms with van der Waals surface area (Å²) in [6.45, 7) is 0.725. The maximum atomic E-state index is 5.66. The molecule has 110 valence electrons. The first-order valence-corrected chi connectivity index (χ1v) is 6.55. The van der Waals surface area contributed by atoms with Crippen LogP contribution in [0.15, 0.2) is 24.0 Å². The highest BCUT2D eigenvalue weighted by molar-refractivity contribution is 5.57. The molecule has 1 N–H and O–H groups in total. The van der Waals surface area contributed by atoms with Crippen molar-refractivity contribution in [2.45, 2.75) is 12.5 Å². The van der Waals surface area contributed by atoms with E-state index in [2.05, 4.69) is 11.4 Å². The molecule has 0 aliphatic carbocycles. The molecule has 0 aromatic heterocycles. The number of likely N-dealkylation sites (N-methyl/N-ethyl adjacent to an activating group) is 1. The number of rotatable bonds is 6. The van der Waals surface area contributed by atoms with E-state index in [1.165, 1.54) is 0 Å². The van der Waals surface area contributed by atoms with Crippen LogP contribution in [0.1, 0.15) is 18.0 Å². The van der Waals surface area contributed by atoms with E-state index in [-0.39, 0.29) is 6.04 Å². The topological polar surface area (TPSA) is 49.0 Å². The van der Waals surface area contributed by atoms with Gasteiger partial charge in [0.25, 0.3) is 0 Å². The van der Waals surface area contributed by atoms with Gasteiger partial charge < -0.3 is 24.3 Å². The third-order valence-corrected chi connectivity index (χ3v) is 3.35. The average molecular weight is 279 g/mol. The molecular formula is C15H21NO4. The summed E-state index contributed by atoms with van der Waals surface area (Å²) in [5, 5.41) is 3.25. The fourth-order valence-corrected chi connectivity index (χ4v) is 2.44. The number of methoxy groups -OCH3 is 3. The highest BCUT2D eigenvalue weighted by atomic mass is 16.5. The quantitative estimate of drug-likeness (QED) is 0.865. The first kappa shape index (κ1) is 14.5. The summed E-state index contributed by atoms with van der Waals surface area (Å²) < 4.78 is 21.9. The van der Waals surface area contributed by atoms with E-state index >= 15 is 0 Å². The van der Waals surface area contributed by atoms with Crippen LogP contribution in [0.5, 0.6) is 17.2 Å². The van der Waals surface area contributed by atoms with E-state index in [1.54, 1.807) is 21.3 Å². The standard InChI is InChI=1S/C15H21NO4/c1-16-13(11-6-5-9-20-11)10-7-8-12(17-2)15(19-4)14(10)18-3/h6-8,13,16H,5,9H2,1-4H3. The zero-order valence-electron chi connectivity index (χ0n) is 12.4. The van der Waals surface area contributed by atoms with Crippen LogP contribution in [-0.2, 0) is 4.74 Å². The molecule has 1 aromatic carbocycles. The minimum absolute atomic E-state index is 0.0627. The van der Waals surface area contributed by atoms with Gasteiger partial charge in [0.2, 0.25) is 5.75 Å². The van der Waals surface area contributed by atoms with Gasteiger partial charge in [0.15, 0.2) is 11.5 Å². The Morgan fingerprint density at radius 2 is 1.85 bits per heavy atom. The van der Waals surface area contributed by atoms with Crippen LogP contribution in [0.3, 0.4) is 0 Å². The second kappa shape index (κ2) is 6.52. The normalized spacial score (nSPS) is 15.3. The van der Waals surface area contributed by atoms with E-state index in [0.29, 0.717) is 17.2 Å². The van der Waals surface area contributed by atoms with E-state index in [1.807, 2.05) is 19.2 Å². The fourth-order valence-electron chi connectivity index (χ4n) is 2.44. The molecule has 1 aliphatic heterocycles. The van der Waals surface area contributed by atoms with Crippen LogP contribution in [0, 0.1) is 0 Å². The number of hydrogen-bond donors (Lipinski definition) is 1. The molecule has 0 fully saturated rings. The summed E-state index contributed by atoms with van der Waals surface area (Å²) in [5.41, 5.74) is 0.959. The Morgan fingerprint density at radius 3 is 2.35 bits per heavy atom. The van der Waals surface area contributed by atoms with Crippen molar-refractivity contribution in [3.05, 3.63) is 29.5 Å². The van der Waals surface area contributed by atoms with Crippen LogP contribution in [0.2, 0.25) is 0 Å². The highest BCUT2D eigenvalue weighted by Crippen LogP contribution is 2.43. The van der Waals surface area contributed by atoms with Crippen molar-refractivity contribution in [1.29, 1.82) is 0 Å². The van der Waals surface area contributed by atoms with Crippen LogP contribution in [0.4, 0.5) is 0 Å². The van der Waals surface area contributed by atoms with Gasteiger partial charge in [-0.2, -0.15) is 0 Å². The summed E-state index contributed by atoms with van der Waals surface area (Å²) in [6, 6.07) is 3.77. The van der Waals surface area contributed by atoms with Crippen LogP contribution in [0.25, 0.3) is 0 Å². The molecule has 0 amide bonds. The smallest absolute Gasteiger partial charge is 0.203 e. The van der Waals surface area contributed by atoms with Gasteiger partial charge in [-0.3, -0.25) is 0 Å². The molecule has 0 saturated heterocycles. The molecule has 2 rings (SSSR count). The lowest BCUT2D eigenvalue weighted by atomic mass is 10.0. The molecule has 1 heterocycles. The average Bonchev–Trinajstić information content (AvgIpc) is 3.01. The molecule has 5 nitrogen and oxygen atoms in total. The Balaban J connectivity index is 2.49. The maximum Gasteiger partial charge on any atom is 0.203 e. The van der Waals surface area contributed by atoms with Gasteiger partial charge in [-0.05, 0) is 25.3 Å². The largest absolute Gasteiger partial charge is 0.496 e. The maximum absolute atomic E-state index is 5.66. The van der Waals surface area contributed by atoms with Crippen molar-refractivity contribution in [2.75, 3.05) is 35.0 Å². The monoisotopic (exact) mass is 279 g/mol. The number of ether oxygens (including phenoxy) is 4. The van der Waals surface area contributed by atoms with Gasteiger partial charge in [0, 0.05) is 12.0 Å². The summed E-state index contributed by atoms with van der Waals surface area (Å²) in [5.74, 6) is 2.80. The molecule has 0 saturated carbocycles. The molecule has 0 radical (unpaired) electrons. The Labute approximate surface area is 119 Å². The first-order chi connectivity index (χ1) is 9.76. The van der Waals surface area contributed by atoms with Gasteiger partial charge >= 0.3 is 0 Å². The molecule has 0 spiro atoms. The van der Waals surface area contributed by atoms with Crippen molar-refractivity contribution in [1.82, 2.24) is 5.32 Å². The van der Waals surface area contributed by atoms with Crippen molar-refractivity contribution in [2.24, 2.45) is 0 Å². The Kier molecular flexibility index (Phi) is 4.74. The van der Waals surface area contributed by atoms with Crippen molar-refractivity contribution in [3.8, 4) is 17.2 Å². The zero-order chi connectivity index (χ0) is 14.5. The molecule has 1 atom stereocenters. The van der Waals surface area contributed by atoms with E-state index in [9.17, 15) is 0 Å². The van der Waals surface area contributed by atoms with Gasteiger partial charge in [-0.15, -0.1) is 0 Å². The zero-order valence-corrected chi connectivity index (χ0v) is 12.4. The predicted molar refractivity (Wildman–Crippen MR) is 76.6 cm³/mol. The lowest BCUT2D eigenvalue weighted by Gasteiger charge is -2.22. The Hall–Kier alpha value is -1.88. The molecule has 20 heavy (non-hydrogen) atoms. The van der Waals surface area contributed by atoms with Gasteiger partial charge in [0.1, 0.15) is 5.76 Å². The molecular weight excluding hydrogens is 258 g/mol. The van der Waals surface area contributed by atoms with Crippen LogP contribution >= 0.6 is 0 Å². The minimum atomic E-state index is -0.0627. The van der Waals surface area contributed by atoms with Crippen molar-refractivity contribution in [3.63, 3.8) is 0 Å². The molecule has 5 heteroatoms. The number of hydrogen-bond acceptors (Lipinski definition) is 5. The second-order valence-electron chi connectivity index (χ2n) is 4.39. The summed E-state index contributed by atoms with van der Waals surface area (Å²) >= 11 is 0. The van der Waals surface area contributed by atoms with Gasteiger partial charge in [-0.25, -0.2) is 0 Å². The predicted octanol–water partition coefficient (Wildman–Crippen LogP) is 2.28. The third-order valence-electron chi connectivity index (χ3n) is 3.35. The summed E-state index contributed by atoms with van der Waals surface area (Å²) in [7, 11) is 6.72. The first-order valence-electron chi connectivity index (χ1n) is 6.55. The van der Waals surface area contributed by atoms with E-state index in [4.69, 9.17) is 18.9 Å². The fraction of sp³-hybridized carbons (Fsp3) is 0.467. The third kappa shape index (κ3) is 2.54. The molecule has 1 aromatic rings. The van der Waals surface area contributed by atoms with Gasteiger partial charge in [-0.1, -0.05) is 0 Å². The Bertz CT molecular complexity index is 499. The molecule has 0 bridgehead atoms. The van der Waals surface area contributed by atoms with E-state index in [0.717, 1.165) is 24.4 Å². The van der Waals surface area contributed by atoms with Crippen molar-refractivity contribution < 1.29 is 18.9 Å². The van der Waals surface area contributed by atoms with Crippen molar-refractivity contribution >= 4 is 0 Å². The van der Waals surface area contributed by atoms with Crippen LogP contribution < -0.4 is 19.5 Å². The lowest BCUT2D eigenvalue weighted by Crippen LogP contribution is -2.20.